The molecule has 2 rings (SSSR count). The molecule has 0 N–H and O–H groups in total. The van der Waals surface area contributed by atoms with Gasteiger partial charge in [-0.15, -0.1) is 0 Å². The maximum Gasteiger partial charge on any atom is 0.152 e. The van der Waals surface area contributed by atoms with Crippen molar-refractivity contribution in [1.29, 1.82) is 0 Å². The Balaban J connectivity index is 1.85. The van der Waals surface area contributed by atoms with Gasteiger partial charge in [0.25, 0.3) is 0 Å². The van der Waals surface area contributed by atoms with Crippen LogP contribution in [0.25, 0.3) is 0 Å². The summed E-state index contributed by atoms with van der Waals surface area (Å²) in [5.41, 5.74) is 2.27. The van der Waals surface area contributed by atoms with Crippen LogP contribution in [0, 0.1) is 5.92 Å². The minimum absolute atomic E-state index is 0.180. The van der Waals surface area contributed by atoms with E-state index < -0.39 is 9.84 Å². The summed E-state index contributed by atoms with van der Waals surface area (Å²) in [7, 11) is -2.87. The van der Waals surface area contributed by atoms with E-state index in [1.807, 2.05) is 6.20 Å². The first kappa shape index (κ1) is 14.5. The minimum Gasteiger partial charge on any atom is -0.296 e. The molecule has 1 saturated heterocycles. The molecule has 19 heavy (non-hydrogen) atoms. The quantitative estimate of drug-likeness (QED) is 0.821. The third kappa shape index (κ3) is 4.01. The molecule has 0 unspecified atom stereocenters. The second-order valence-electron chi connectivity index (χ2n) is 5.90. The van der Waals surface area contributed by atoms with E-state index in [0.717, 1.165) is 24.2 Å². The summed E-state index contributed by atoms with van der Waals surface area (Å²) in [5.74, 6) is 0.615. The van der Waals surface area contributed by atoms with Crippen molar-refractivity contribution in [3.63, 3.8) is 0 Å². The molecule has 0 saturated carbocycles. The average Bonchev–Trinajstić information content (AvgIpc) is 2.22. The van der Waals surface area contributed by atoms with Crippen LogP contribution in [-0.4, -0.2) is 42.9 Å². The van der Waals surface area contributed by atoms with Crippen LogP contribution in [0.3, 0.4) is 0 Å². The molecule has 0 bridgehead atoms. The highest BCUT2D eigenvalue weighted by molar-refractivity contribution is 7.91. The molecule has 106 valence electrons. The van der Waals surface area contributed by atoms with Gasteiger partial charge in [0, 0.05) is 37.8 Å². The Morgan fingerprint density at radius 2 is 2.05 bits per heavy atom. The van der Waals surface area contributed by atoms with Crippen LogP contribution >= 0.6 is 0 Å². The van der Waals surface area contributed by atoms with E-state index >= 15 is 0 Å². The molecule has 0 atom stereocenters. The van der Waals surface area contributed by atoms with Crippen molar-refractivity contribution in [2.24, 2.45) is 5.92 Å². The summed E-state index contributed by atoms with van der Waals surface area (Å²) in [6.07, 6.45) is 4.23. The highest BCUT2D eigenvalue weighted by Crippen LogP contribution is 2.18. The van der Waals surface area contributed by atoms with Gasteiger partial charge in [-0.2, -0.15) is 0 Å². The molecular formula is C14H22N2O2S. The molecule has 0 aromatic carbocycles. The van der Waals surface area contributed by atoms with Gasteiger partial charge in [0.05, 0.1) is 5.25 Å². The zero-order chi connectivity index (χ0) is 14.0. The first-order valence-electron chi connectivity index (χ1n) is 6.69. The van der Waals surface area contributed by atoms with Gasteiger partial charge in [0.1, 0.15) is 0 Å². The summed E-state index contributed by atoms with van der Waals surface area (Å²) in [6, 6.07) is 4.17. The van der Waals surface area contributed by atoms with E-state index in [0.29, 0.717) is 19.0 Å². The van der Waals surface area contributed by atoms with Crippen molar-refractivity contribution >= 4 is 9.84 Å². The van der Waals surface area contributed by atoms with Crippen LogP contribution in [0.5, 0.6) is 0 Å². The number of nitrogens with zero attached hydrogens (tertiary/aromatic N) is 2. The standard InChI is InChI=1S/C14H22N2O2S/c1-11(2)6-13-5-4-12(7-15-13)8-16-9-14(10-16)19(3,17)18/h4-5,7,11,14H,6,8-10H2,1-3H3. The van der Waals surface area contributed by atoms with Gasteiger partial charge in [-0.1, -0.05) is 19.9 Å². The van der Waals surface area contributed by atoms with Crippen LogP contribution in [-0.2, 0) is 22.8 Å². The maximum absolute atomic E-state index is 11.3. The van der Waals surface area contributed by atoms with Gasteiger partial charge < -0.3 is 0 Å². The Morgan fingerprint density at radius 1 is 1.37 bits per heavy atom. The molecule has 1 fully saturated rings. The Morgan fingerprint density at radius 3 is 2.53 bits per heavy atom. The highest BCUT2D eigenvalue weighted by Gasteiger charge is 2.34. The molecule has 1 aromatic rings. The van der Waals surface area contributed by atoms with Crippen molar-refractivity contribution in [3.05, 3.63) is 29.6 Å². The number of hydrogen-bond donors (Lipinski definition) is 0. The van der Waals surface area contributed by atoms with Gasteiger partial charge >= 0.3 is 0 Å². The van der Waals surface area contributed by atoms with Crippen molar-refractivity contribution in [3.8, 4) is 0 Å². The van der Waals surface area contributed by atoms with Crippen LogP contribution in [0.4, 0.5) is 0 Å². The van der Waals surface area contributed by atoms with Gasteiger partial charge in [-0.3, -0.25) is 9.88 Å². The molecule has 5 heteroatoms. The van der Waals surface area contributed by atoms with Gasteiger partial charge in [-0.05, 0) is 24.0 Å². The van der Waals surface area contributed by atoms with Crippen LogP contribution < -0.4 is 0 Å². The molecule has 4 nitrogen and oxygen atoms in total. The zero-order valence-electron chi connectivity index (χ0n) is 11.8. The van der Waals surface area contributed by atoms with E-state index in [1.54, 1.807) is 0 Å². The summed E-state index contributed by atoms with van der Waals surface area (Å²) < 4.78 is 22.6. The van der Waals surface area contributed by atoms with Crippen molar-refractivity contribution in [1.82, 2.24) is 9.88 Å². The Bertz CT molecular complexity index is 517. The molecule has 1 aromatic heterocycles. The number of hydrogen-bond acceptors (Lipinski definition) is 4. The lowest BCUT2D eigenvalue weighted by Crippen LogP contribution is -2.53. The topological polar surface area (TPSA) is 50.3 Å². The lowest BCUT2D eigenvalue weighted by molar-refractivity contribution is 0.176. The monoisotopic (exact) mass is 282 g/mol. The third-order valence-electron chi connectivity index (χ3n) is 3.44. The second-order valence-corrected chi connectivity index (χ2v) is 8.23. The second kappa shape index (κ2) is 5.59. The fraction of sp³-hybridized carbons (Fsp3) is 0.643. The smallest absolute Gasteiger partial charge is 0.152 e. The lowest BCUT2D eigenvalue weighted by Gasteiger charge is -2.37. The summed E-state index contributed by atoms with van der Waals surface area (Å²) in [5, 5.41) is -0.180. The molecule has 0 amide bonds. The number of sulfone groups is 1. The molecule has 2 heterocycles. The highest BCUT2D eigenvalue weighted by atomic mass is 32.2. The molecule has 1 aliphatic rings. The first-order valence-corrected chi connectivity index (χ1v) is 8.65. The Labute approximate surface area is 115 Å². The first-order chi connectivity index (χ1) is 8.84. The largest absolute Gasteiger partial charge is 0.296 e. The predicted octanol–water partition coefficient (Wildman–Crippen LogP) is 1.51. The van der Waals surface area contributed by atoms with Crippen LogP contribution in [0.2, 0.25) is 0 Å². The third-order valence-corrected chi connectivity index (χ3v) is 4.95. The average molecular weight is 282 g/mol. The number of rotatable bonds is 5. The van der Waals surface area contributed by atoms with Gasteiger partial charge in [0.15, 0.2) is 9.84 Å². The summed E-state index contributed by atoms with van der Waals surface area (Å²) >= 11 is 0. The molecule has 0 spiro atoms. The predicted molar refractivity (Wildman–Crippen MR) is 76.7 cm³/mol. The van der Waals surface area contributed by atoms with E-state index in [4.69, 9.17) is 0 Å². The van der Waals surface area contributed by atoms with Crippen molar-refractivity contribution in [2.75, 3.05) is 19.3 Å². The molecule has 0 radical (unpaired) electrons. The van der Waals surface area contributed by atoms with Gasteiger partial charge in [-0.25, -0.2) is 8.42 Å². The number of pyridine rings is 1. The fourth-order valence-electron chi connectivity index (χ4n) is 2.27. The summed E-state index contributed by atoms with van der Waals surface area (Å²) in [4.78, 5) is 6.60. The van der Waals surface area contributed by atoms with Gasteiger partial charge in [0.2, 0.25) is 0 Å². The number of likely N-dealkylation sites (tertiary alicyclic amines) is 1. The number of aromatic nitrogens is 1. The van der Waals surface area contributed by atoms with Crippen molar-refractivity contribution in [2.45, 2.75) is 32.1 Å². The molecular weight excluding hydrogens is 260 g/mol. The van der Waals surface area contributed by atoms with E-state index in [9.17, 15) is 8.42 Å². The van der Waals surface area contributed by atoms with E-state index in [-0.39, 0.29) is 5.25 Å². The van der Waals surface area contributed by atoms with Crippen LogP contribution in [0.15, 0.2) is 18.3 Å². The normalized spacial score (nSPS) is 17.7. The fourth-order valence-corrected chi connectivity index (χ4v) is 3.23. The molecule has 0 aliphatic carbocycles. The van der Waals surface area contributed by atoms with E-state index in [1.165, 1.54) is 6.26 Å². The lowest BCUT2D eigenvalue weighted by atomic mass is 10.1. The zero-order valence-corrected chi connectivity index (χ0v) is 12.7. The van der Waals surface area contributed by atoms with E-state index in [2.05, 4.69) is 35.9 Å². The summed E-state index contributed by atoms with van der Waals surface area (Å²) in [6.45, 7) is 6.45. The SMILES string of the molecule is CC(C)Cc1ccc(CN2CC(S(C)(=O)=O)C2)cn1. The molecule has 1 aliphatic heterocycles. The Kier molecular flexibility index (Phi) is 4.26. The minimum atomic E-state index is -2.87. The maximum atomic E-state index is 11.3. The van der Waals surface area contributed by atoms with Crippen molar-refractivity contribution < 1.29 is 8.42 Å². The van der Waals surface area contributed by atoms with Crippen LogP contribution in [0.1, 0.15) is 25.1 Å². The Hall–Kier alpha value is -0.940.